The third kappa shape index (κ3) is 5.08. The Labute approximate surface area is 121 Å². The van der Waals surface area contributed by atoms with Crippen molar-refractivity contribution < 1.29 is 9.53 Å². The van der Waals surface area contributed by atoms with Gasteiger partial charge in [0.1, 0.15) is 0 Å². The third-order valence-corrected chi connectivity index (χ3v) is 3.79. The Morgan fingerprint density at radius 2 is 2.10 bits per heavy atom. The molecule has 1 fully saturated rings. The highest BCUT2D eigenvalue weighted by molar-refractivity contribution is 5.85. The number of hydrogen-bond donors (Lipinski definition) is 1. The van der Waals surface area contributed by atoms with Gasteiger partial charge in [-0.25, -0.2) is 0 Å². The second-order valence-corrected chi connectivity index (χ2v) is 5.43. The Balaban J connectivity index is 2.54. The molecule has 0 bridgehead atoms. The van der Waals surface area contributed by atoms with Gasteiger partial charge in [-0.15, -0.1) is 0 Å². The number of hydrogen-bond acceptors (Lipinski definition) is 5. The highest BCUT2D eigenvalue weighted by Gasteiger charge is 2.30. The van der Waals surface area contributed by atoms with E-state index in [0.717, 1.165) is 32.8 Å². The van der Waals surface area contributed by atoms with Crippen LogP contribution >= 0.6 is 0 Å². The van der Waals surface area contributed by atoms with Gasteiger partial charge in [-0.05, 0) is 13.3 Å². The van der Waals surface area contributed by atoms with Gasteiger partial charge < -0.3 is 15.4 Å². The van der Waals surface area contributed by atoms with Gasteiger partial charge in [0, 0.05) is 32.7 Å². The molecule has 1 aliphatic rings. The van der Waals surface area contributed by atoms with Gasteiger partial charge in [0.05, 0.1) is 31.2 Å². The molecule has 6 nitrogen and oxygen atoms in total. The lowest BCUT2D eigenvalue weighted by molar-refractivity contribution is -0.136. The van der Waals surface area contributed by atoms with E-state index in [1.807, 2.05) is 6.92 Å². The minimum atomic E-state index is -0.847. The quantitative estimate of drug-likeness (QED) is 0.720. The van der Waals surface area contributed by atoms with E-state index in [9.17, 15) is 4.79 Å². The SMILES string of the molecule is CCC(C)(N)C(=O)N(CCC#N)CCN1CCOCC1. The molecule has 1 amide bonds. The Morgan fingerprint density at radius 1 is 1.45 bits per heavy atom. The van der Waals surface area contributed by atoms with Crippen LogP contribution in [0.5, 0.6) is 0 Å². The number of nitrogens with zero attached hydrogens (tertiary/aromatic N) is 3. The summed E-state index contributed by atoms with van der Waals surface area (Å²) in [5.41, 5.74) is 5.19. The van der Waals surface area contributed by atoms with Crippen molar-refractivity contribution in [3.8, 4) is 6.07 Å². The van der Waals surface area contributed by atoms with Crippen LogP contribution in [0.15, 0.2) is 0 Å². The molecule has 114 valence electrons. The first-order valence-corrected chi connectivity index (χ1v) is 7.26. The van der Waals surface area contributed by atoms with Crippen molar-refractivity contribution in [1.82, 2.24) is 9.80 Å². The van der Waals surface area contributed by atoms with Crippen LogP contribution in [0, 0.1) is 11.3 Å². The number of carbonyl (C=O) groups is 1. The fourth-order valence-electron chi connectivity index (χ4n) is 2.10. The number of carbonyl (C=O) groups excluding carboxylic acids is 1. The first-order chi connectivity index (χ1) is 9.51. The summed E-state index contributed by atoms with van der Waals surface area (Å²) < 4.78 is 5.31. The zero-order valence-corrected chi connectivity index (χ0v) is 12.6. The van der Waals surface area contributed by atoms with Crippen LogP contribution < -0.4 is 5.73 Å². The summed E-state index contributed by atoms with van der Waals surface area (Å²) in [7, 11) is 0. The van der Waals surface area contributed by atoms with Crippen LogP contribution in [0.1, 0.15) is 26.7 Å². The molecule has 1 heterocycles. The van der Waals surface area contributed by atoms with Gasteiger partial charge in [-0.2, -0.15) is 5.26 Å². The zero-order valence-electron chi connectivity index (χ0n) is 12.6. The molecular formula is C14H26N4O2. The lowest BCUT2D eigenvalue weighted by atomic mass is 9.98. The Morgan fingerprint density at radius 3 is 2.65 bits per heavy atom. The van der Waals surface area contributed by atoms with Gasteiger partial charge in [-0.3, -0.25) is 9.69 Å². The van der Waals surface area contributed by atoms with E-state index in [0.29, 0.717) is 25.9 Å². The Hall–Kier alpha value is -1.16. The molecule has 0 spiro atoms. The van der Waals surface area contributed by atoms with Gasteiger partial charge in [-0.1, -0.05) is 6.92 Å². The van der Waals surface area contributed by atoms with E-state index >= 15 is 0 Å². The molecule has 0 aromatic carbocycles. The topological polar surface area (TPSA) is 82.6 Å². The summed E-state index contributed by atoms with van der Waals surface area (Å²) in [6.45, 7) is 8.82. The summed E-state index contributed by atoms with van der Waals surface area (Å²) in [4.78, 5) is 16.4. The molecule has 1 unspecified atom stereocenters. The van der Waals surface area contributed by atoms with Crippen molar-refractivity contribution in [2.45, 2.75) is 32.2 Å². The minimum absolute atomic E-state index is 0.0662. The molecule has 20 heavy (non-hydrogen) atoms. The van der Waals surface area contributed by atoms with Crippen LogP contribution in [-0.4, -0.2) is 67.2 Å². The van der Waals surface area contributed by atoms with Crippen molar-refractivity contribution in [3.63, 3.8) is 0 Å². The zero-order chi connectivity index (χ0) is 15.0. The normalized spacial score (nSPS) is 19.1. The smallest absolute Gasteiger partial charge is 0.242 e. The van der Waals surface area contributed by atoms with Gasteiger partial charge in [0.15, 0.2) is 0 Å². The predicted molar refractivity (Wildman–Crippen MR) is 77.0 cm³/mol. The number of nitrogens with two attached hydrogens (primary N) is 1. The Kier molecular flexibility index (Phi) is 6.93. The largest absolute Gasteiger partial charge is 0.379 e. The first kappa shape index (κ1) is 16.9. The number of nitriles is 1. The fourth-order valence-corrected chi connectivity index (χ4v) is 2.10. The van der Waals surface area contributed by atoms with Crippen LogP contribution in [0.2, 0.25) is 0 Å². The highest BCUT2D eigenvalue weighted by atomic mass is 16.5. The molecule has 6 heteroatoms. The van der Waals surface area contributed by atoms with Gasteiger partial charge >= 0.3 is 0 Å². The summed E-state index contributed by atoms with van der Waals surface area (Å²) in [6.07, 6.45) is 0.932. The fraction of sp³-hybridized carbons (Fsp3) is 0.857. The molecule has 0 radical (unpaired) electrons. The number of morpholine rings is 1. The first-order valence-electron chi connectivity index (χ1n) is 7.26. The summed E-state index contributed by atoms with van der Waals surface area (Å²) in [6, 6.07) is 2.09. The van der Waals surface area contributed by atoms with Crippen molar-refractivity contribution in [3.05, 3.63) is 0 Å². The lowest BCUT2D eigenvalue weighted by Crippen LogP contribution is -2.54. The second kappa shape index (κ2) is 8.20. The maximum Gasteiger partial charge on any atom is 0.242 e. The molecule has 0 aromatic rings. The predicted octanol–water partition coefficient (Wildman–Crippen LogP) is 0.188. The van der Waals surface area contributed by atoms with E-state index in [-0.39, 0.29) is 5.91 Å². The van der Waals surface area contributed by atoms with E-state index in [1.54, 1.807) is 11.8 Å². The summed E-state index contributed by atoms with van der Waals surface area (Å²) in [5, 5.41) is 8.73. The highest BCUT2D eigenvalue weighted by Crippen LogP contribution is 2.11. The molecule has 2 N–H and O–H groups in total. The van der Waals surface area contributed by atoms with Gasteiger partial charge in [0.25, 0.3) is 0 Å². The lowest BCUT2D eigenvalue weighted by Gasteiger charge is -2.33. The molecule has 1 aliphatic heterocycles. The van der Waals surface area contributed by atoms with Gasteiger partial charge in [0.2, 0.25) is 5.91 Å². The van der Waals surface area contributed by atoms with Crippen LogP contribution in [0.25, 0.3) is 0 Å². The van der Waals surface area contributed by atoms with Crippen molar-refractivity contribution in [1.29, 1.82) is 5.26 Å². The maximum atomic E-state index is 12.4. The standard InChI is InChI=1S/C14H26N4O2/c1-3-14(2,16)13(19)18(6-4-5-15)8-7-17-9-11-20-12-10-17/h3-4,6-12,16H2,1-2H3. The van der Waals surface area contributed by atoms with Crippen molar-refractivity contribution in [2.75, 3.05) is 45.9 Å². The van der Waals surface area contributed by atoms with E-state index in [4.69, 9.17) is 15.7 Å². The van der Waals surface area contributed by atoms with E-state index in [2.05, 4.69) is 11.0 Å². The van der Waals surface area contributed by atoms with Crippen molar-refractivity contribution in [2.24, 2.45) is 5.73 Å². The maximum absolute atomic E-state index is 12.4. The average Bonchev–Trinajstić information content (AvgIpc) is 2.47. The van der Waals surface area contributed by atoms with Crippen LogP contribution in [-0.2, 0) is 9.53 Å². The third-order valence-electron chi connectivity index (χ3n) is 3.79. The molecular weight excluding hydrogens is 256 g/mol. The molecule has 0 aromatic heterocycles. The monoisotopic (exact) mass is 282 g/mol. The Bertz CT molecular complexity index is 346. The van der Waals surface area contributed by atoms with Crippen molar-refractivity contribution >= 4 is 5.91 Å². The molecule has 0 saturated carbocycles. The number of amides is 1. The summed E-state index contributed by atoms with van der Waals surface area (Å²) >= 11 is 0. The van der Waals surface area contributed by atoms with E-state index in [1.165, 1.54) is 0 Å². The molecule has 0 aliphatic carbocycles. The molecule has 1 rings (SSSR count). The average molecular weight is 282 g/mol. The van der Waals surface area contributed by atoms with E-state index < -0.39 is 5.54 Å². The molecule has 1 saturated heterocycles. The number of ether oxygens (including phenoxy) is 1. The minimum Gasteiger partial charge on any atom is -0.379 e. The number of rotatable bonds is 7. The van der Waals surface area contributed by atoms with Crippen LogP contribution in [0.4, 0.5) is 0 Å². The summed E-state index contributed by atoms with van der Waals surface area (Å²) in [5.74, 6) is -0.0662. The van der Waals surface area contributed by atoms with Crippen LogP contribution in [0.3, 0.4) is 0 Å². The second-order valence-electron chi connectivity index (χ2n) is 5.43. The molecule has 1 atom stereocenters.